The van der Waals surface area contributed by atoms with Gasteiger partial charge in [0.05, 0.1) is 0 Å². The van der Waals surface area contributed by atoms with Crippen LogP contribution in [0.2, 0.25) is 0 Å². The lowest BCUT2D eigenvalue weighted by Crippen LogP contribution is -1.89. The predicted octanol–water partition coefficient (Wildman–Crippen LogP) is 3.15. The molecule has 0 bridgehead atoms. The monoisotopic (exact) mass is 270 g/mol. The molecule has 0 atom stereocenters. The summed E-state index contributed by atoms with van der Waals surface area (Å²) in [6.07, 6.45) is 6.77. The van der Waals surface area contributed by atoms with E-state index in [2.05, 4.69) is 12.6 Å². The quantitative estimate of drug-likeness (QED) is 0.261. The van der Waals surface area contributed by atoms with Crippen molar-refractivity contribution in [2.75, 3.05) is 6.16 Å². The summed E-state index contributed by atoms with van der Waals surface area (Å²) in [4.78, 5) is 17.2. The van der Waals surface area contributed by atoms with Crippen LogP contribution in [0.3, 0.4) is 0 Å². The Hall–Kier alpha value is 0.590. The lowest BCUT2D eigenvalue weighted by atomic mass is 10.1. The van der Waals surface area contributed by atoms with Gasteiger partial charge < -0.3 is 9.79 Å². The molecule has 0 saturated heterocycles. The van der Waals surface area contributed by atoms with E-state index in [4.69, 9.17) is 22.0 Å². The smallest absolute Gasteiger partial charge is 0.324 e. The number of thiocarbonyl (C=S) groups is 1. The first-order valence-electron chi connectivity index (χ1n) is 5.18. The van der Waals surface area contributed by atoms with Crippen molar-refractivity contribution in [3.63, 3.8) is 0 Å². The average Bonchev–Trinajstić information content (AvgIpc) is 2.07. The van der Waals surface area contributed by atoms with Gasteiger partial charge in [-0.25, -0.2) is 0 Å². The molecule has 0 aromatic heterocycles. The van der Waals surface area contributed by atoms with Gasteiger partial charge in [-0.15, -0.1) is 12.6 Å². The molecule has 0 aliphatic heterocycles. The van der Waals surface area contributed by atoms with Gasteiger partial charge in [0.15, 0.2) is 0 Å². The van der Waals surface area contributed by atoms with Crippen LogP contribution >= 0.6 is 32.4 Å². The zero-order valence-corrected chi connectivity index (χ0v) is 11.4. The van der Waals surface area contributed by atoms with E-state index in [1.54, 1.807) is 0 Å². The molecule has 0 fully saturated rings. The first-order valence-corrected chi connectivity index (χ1v) is 7.83. The predicted molar refractivity (Wildman–Crippen MR) is 70.8 cm³/mol. The second-order valence-electron chi connectivity index (χ2n) is 3.65. The fourth-order valence-electron chi connectivity index (χ4n) is 1.30. The number of hydrogen-bond donors (Lipinski definition) is 3. The van der Waals surface area contributed by atoms with Gasteiger partial charge in [0.2, 0.25) is 0 Å². The van der Waals surface area contributed by atoms with Crippen LogP contribution in [0.25, 0.3) is 0 Å². The molecule has 0 amide bonds. The van der Waals surface area contributed by atoms with Gasteiger partial charge in [0.25, 0.3) is 0 Å². The summed E-state index contributed by atoms with van der Waals surface area (Å²) in [5.41, 5.74) is 0. The van der Waals surface area contributed by atoms with E-state index >= 15 is 0 Å². The molecule has 0 unspecified atom stereocenters. The first-order chi connectivity index (χ1) is 6.92. The maximum Gasteiger partial charge on any atom is 0.325 e. The van der Waals surface area contributed by atoms with Crippen LogP contribution in [-0.4, -0.2) is 20.1 Å². The highest BCUT2D eigenvalue weighted by Gasteiger charge is 2.10. The van der Waals surface area contributed by atoms with Crippen LogP contribution in [0.5, 0.6) is 0 Å². The SMILES string of the molecule is O=P(O)(O)CCCCCCCCC(=S)S. The van der Waals surface area contributed by atoms with E-state index in [9.17, 15) is 4.57 Å². The van der Waals surface area contributed by atoms with Crippen molar-refractivity contribution < 1.29 is 14.4 Å². The average molecular weight is 270 g/mol. The van der Waals surface area contributed by atoms with E-state index < -0.39 is 7.60 Å². The molecule has 0 heterocycles. The fourth-order valence-corrected chi connectivity index (χ4v) is 2.24. The van der Waals surface area contributed by atoms with Crippen LogP contribution in [0.4, 0.5) is 0 Å². The maximum atomic E-state index is 10.5. The summed E-state index contributed by atoms with van der Waals surface area (Å²) in [7, 11) is -3.77. The van der Waals surface area contributed by atoms with Crippen LogP contribution < -0.4 is 0 Å². The highest BCUT2D eigenvalue weighted by molar-refractivity contribution is 8.11. The lowest BCUT2D eigenvalue weighted by Gasteiger charge is -2.03. The second-order valence-corrected chi connectivity index (χ2v) is 6.77. The van der Waals surface area contributed by atoms with Crippen molar-refractivity contribution in [3.8, 4) is 0 Å². The zero-order chi connectivity index (χ0) is 11.7. The van der Waals surface area contributed by atoms with Crippen LogP contribution in [0, 0.1) is 0 Å². The van der Waals surface area contributed by atoms with Crippen molar-refractivity contribution in [1.29, 1.82) is 0 Å². The molecule has 15 heavy (non-hydrogen) atoms. The number of thiol groups is 1. The van der Waals surface area contributed by atoms with E-state index in [1.807, 2.05) is 0 Å². The molecule has 0 saturated carbocycles. The Morgan fingerprint density at radius 2 is 1.53 bits per heavy atom. The van der Waals surface area contributed by atoms with Crippen LogP contribution in [0.1, 0.15) is 44.9 Å². The summed E-state index contributed by atoms with van der Waals surface area (Å²) in [5.74, 6) is 0. The molecular weight excluding hydrogens is 251 g/mol. The molecule has 0 aliphatic carbocycles. The largest absolute Gasteiger partial charge is 0.325 e. The van der Waals surface area contributed by atoms with Crippen LogP contribution in [0.15, 0.2) is 0 Å². The summed E-state index contributed by atoms with van der Waals surface area (Å²) < 4.78 is 11.3. The minimum atomic E-state index is -3.77. The summed E-state index contributed by atoms with van der Waals surface area (Å²) in [6.45, 7) is 0. The molecule has 0 radical (unpaired) electrons. The van der Waals surface area contributed by atoms with Gasteiger partial charge in [0.1, 0.15) is 0 Å². The Bertz CT molecular complexity index is 227. The standard InChI is InChI=1S/C9H19O3PS2/c10-13(11,12)8-6-4-2-1-3-5-7-9(14)15/h1-8H2,(H,14,15)(H2,10,11,12). The zero-order valence-electron chi connectivity index (χ0n) is 8.76. The molecule has 3 nitrogen and oxygen atoms in total. The molecule has 6 heteroatoms. The molecule has 0 aromatic carbocycles. The highest BCUT2D eigenvalue weighted by atomic mass is 32.1. The van der Waals surface area contributed by atoms with Crippen molar-refractivity contribution >= 4 is 36.6 Å². The topological polar surface area (TPSA) is 57.5 Å². The first kappa shape index (κ1) is 15.6. The van der Waals surface area contributed by atoms with Crippen molar-refractivity contribution in [1.82, 2.24) is 0 Å². The Kier molecular flexibility index (Phi) is 9.05. The summed E-state index contributed by atoms with van der Waals surface area (Å²) in [6, 6.07) is 0. The minimum Gasteiger partial charge on any atom is -0.324 e. The third kappa shape index (κ3) is 14.6. The van der Waals surface area contributed by atoms with Gasteiger partial charge in [-0.1, -0.05) is 37.9 Å². The van der Waals surface area contributed by atoms with E-state index in [1.165, 1.54) is 0 Å². The normalized spacial score (nSPS) is 11.7. The highest BCUT2D eigenvalue weighted by Crippen LogP contribution is 2.35. The Balaban J connectivity index is 3.12. The van der Waals surface area contributed by atoms with Crippen molar-refractivity contribution in [3.05, 3.63) is 0 Å². The summed E-state index contributed by atoms with van der Waals surface area (Å²) in [5, 5.41) is 0. The Labute approximate surface area is 102 Å². The van der Waals surface area contributed by atoms with E-state index in [-0.39, 0.29) is 6.16 Å². The molecule has 2 N–H and O–H groups in total. The van der Waals surface area contributed by atoms with Gasteiger partial charge in [-0.05, 0) is 19.3 Å². The molecule has 0 rings (SSSR count). The third-order valence-electron chi connectivity index (χ3n) is 2.09. The number of rotatable bonds is 9. The number of hydrogen-bond acceptors (Lipinski definition) is 2. The third-order valence-corrected chi connectivity index (χ3v) is 3.42. The van der Waals surface area contributed by atoms with E-state index in [0.717, 1.165) is 42.7 Å². The van der Waals surface area contributed by atoms with Gasteiger partial charge in [-0.2, -0.15) is 0 Å². The van der Waals surface area contributed by atoms with Gasteiger partial charge in [0, 0.05) is 10.4 Å². The number of unbranched alkanes of at least 4 members (excludes halogenated alkanes) is 5. The molecule has 0 spiro atoms. The van der Waals surface area contributed by atoms with Gasteiger partial charge in [-0.3, -0.25) is 4.57 Å². The second kappa shape index (κ2) is 8.71. The summed E-state index contributed by atoms with van der Waals surface area (Å²) >= 11 is 8.87. The van der Waals surface area contributed by atoms with Crippen LogP contribution in [-0.2, 0) is 4.57 Å². The molecule has 90 valence electrons. The Morgan fingerprint density at radius 1 is 1.07 bits per heavy atom. The van der Waals surface area contributed by atoms with Gasteiger partial charge >= 0.3 is 7.60 Å². The maximum absolute atomic E-state index is 10.5. The molecule has 0 aliphatic rings. The lowest BCUT2D eigenvalue weighted by molar-refractivity contribution is 0.370. The fraction of sp³-hybridized carbons (Fsp3) is 0.889. The van der Waals surface area contributed by atoms with Crippen molar-refractivity contribution in [2.24, 2.45) is 0 Å². The molecular formula is C9H19O3PS2. The van der Waals surface area contributed by atoms with Crippen molar-refractivity contribution in [2.45, 2.75) is 44.9 Å². The molecule has 0 aromatic rings. The minimum absolute atomic E-state index is 0.0216. The Morgan fingerprint density at radius 3 is 2.00 bits per heavy atom. The van der Waals surface area contributed by atoms with E-state index in [0.29, 0.717) is 6.42 Å².